The number of carbonyl (C=O) groups excluding carboxylic acids is 1. The molecule has 134 valence electrons. The van der Waals surface area contributed by atoms with Crippen LogP contribution in [0.2, 0.25) is 4.34 Å². The van der Waals surface area contributed by atoms with Crippen molar-refractivity contribution in [3.05, 3.63) is 39.9 Å². The predicted octanol–water partition coefficient (Wildman–Crippen LogP) is 3.50. The Kier molecular flexibility index (Phi) is 5.58. The summed E-state index contributed by atoms with van der Waals surface area (Å²) in [6, 6.07) is 2.72. The molecule has 2 aromatic rings. The minimum atomic E-state index is -1.51. The van der Waals surface area contributed by atoms with Crippen LogP contribution in [0.1, 0.15) is 19.5 Å². The molecule has 0 aliphatic rings. The zero-order valence-electron chi connectivity index (χ0n) is 13.1. The molecular weight excluding hydrogens is 378 g/mol. The Balaban J connectivity index is 2.12. The SMILES string of the molecule is CC(C)(Oc1ccc(F)cc1F)C(=O)Nc1nc(CC(=O)O)c(Cl)s1. The summed E-state index contributed by atoms with van der Waals surface area (Å²) in [7, 11) is 0. The summed E-state index contributed by atoms with van der Waals surface area (Å²) in [5.41, 5.74) is -1.39. The first-order chi connectivity index (χ1) is 11.6. The van der Waals surface area contributed by atoms with Gasteiger partial charge in [0.05, 0.1) is 12.1 Å². The number of ether oxygens (including phenoxy) is 1. The first-order valence-electron chi connectivity index (χ1n) is 6.91. The Morgan fingerprint density at radius 3 is 2.68 bits per heavy atom. The van der Waals surface area contributed by atoms with E-state index in [0.717, 1.165) is 23.5 Å². The second kappa shape index (κ2) is 7.32. The van der Waals surface area contributed by atoms with Gasteiger partial charge >= 0.3 is 5.97 Å². The molecule has 0 aliphatic heterocycles. The van der Waals surface area contributed by atoms with Gasteiger partial charge < -0.3 is 9.84 Å². The summed E-state index contributed by atoms with van der Waals surface area (Å²) in [5, 5.41) is 11.3. The first kappa shape index (κ1) is 19.1. The molecule has 0 saturated carbocycles. The largest absolute Gasteiger partial charge is 0.481 e. The van der Waals surface area contributed by atoms with Crippen LogP contribution < -0.4 is 10.1 Å². The molecule has 2 rings (SSSR count). The molecule has 0 bridgehead atoms. The fourth-order valence-corrected chi connectivity index (χ4v) is 2.80. The lowest BCUT2D eigenvalue weighted by molar-refractivity contribution is -0.136. The van der Waals surface area contributed by atoms with Gasteiger partial charge in [-0.05, 0) is 26.0 Å². The van der Waals surface area contributed by atoms with E-state index < -0.39 is 29.1 Å². The number of carboxylic acids is 1. The zero-order valence-corrected chi connectivity index (χ0v) is 14.7. The highest BCUT2D eigenvalue weighted by atomic mass is 35.5. The van der Waals surface area contributed by atoms with E-state index in [-0.39, 0.29) is 27.3 Å². The van der Waals surface area contributed by atoms with Crippen molar-refractivity contribution in [1.29, 1.82) is 0 Å². The normalized spacial score (nSPS) is 11.2. The number of thiazole rings is 1. The number of nitrogens with one attached hydrogen (secondary N) is 1. The fraction of sp³-hybridized carbons (Fsp3) is 0.267. The van der Waals surface area contributed by atoms with Crippen LogP contribution in [-0.4, -0.2) is 27.6 Å². The molecule has 1 aromatic heterocycles. The minimum Gasteiger partial charge on any atom is -0.481 e. The number of halogens is 3. The molecule has 25 heavy (non-hydrogen) atoms. The van der Waals surface area contributed by atoms with Gasteiger partial charge in [0.1, 0.15) is 10.2 Å². The third kappa shape index (κ3) is 4.86. The summed E-state index contributed by atoms with van der Waals surface area (Å²) in [5.74, 6) is -3.77. The van der Waals surface area contributed by atoms with Crippen LogP contribution in [-0.2, 0) is 16.0 Å². The maximum Gasteiger partial charge on any atom is 0.309 e. The second-order valence-corrected chi connectivity index (χ2v) is 7.05. The van der Waals surface area contributed by atoms with Gasteiger partial charge in [0, 0.05) is 6.07 Å². The van der Waals surface area contributed by atoms with Crippen molar-refractivity contribution in [3.8, 4) is 5.75 Å². The van der Waals surface area contributed by atoms with Gasteiger partial charge in [-0.15, -0.1) is 0 Å². The number of aliphatic carboxylic acids is 1. The lowest BCUT2D eigenvalue weighted by Gasteiger charge is -2.24. The molecule has 1 heterocycles. The van der Waals surface area contributed by atoms with Crippen molar-refractivity contribution in [2.75, 3.05) is 5.32 Å². The standard InChI is InChI=1S/C15H13ClF2N2O4S/c1-15(2,24-10-4-3-7(17)5-8(10)18)13(23)20-14-19-9(6-11(21)22)12(16)25-14/h3-5H,6H2,1-2H3,(H,21,22)(H,19,20,23). The third-order valence-electron chi connectivity index (χ3n) is 2.99. The Morgan fingerprint density at radius 2 is 2.08 bits per heavy atom. The van der Waals surface area contributed by atoms with Gasteiger partial charge in [-0.1, -0.05) is 22.9 Å². The van der Waals surface area contributed by atoms with E-state index in [9.17, 15) is 18.4 Å². The number of rotatable bonds is 6. The van der Waals surface area contributed by atoms with Gasteiger partial charge in [-0.3, -0.25) is 14.9 Å². The molecule has 0 radical (unpaired) electrons. The zero-order chi connectivity index (χ0) is 18.8. The maximum absolute atomic E-state index is 13.7. The number of aromatic nitrogens is 1. The van der Waals surface area contributed by atoms with Crippen LogP contribution in [0, 0.1) is 11.6 Å². The molecule has 6 nitrogen and oxygen atoms in total. The monoisotopic (exact) mass is 390 g/mol. The van der Waals surface area contributed by atoms with Gasteiger partial charge in [-0.2, -0.15) is 0 Å². The van der Waals surface area contributed by atoms with E-state index in [4.69, 9.17) is 21.4 Å². The lowest BCUT2D eigenvalue weighted by Crippen LogP contribution is -2.42. The average molecular weight is 391 g/mol. The summed E-state index contributed by atoms with van der Waals surface area (Å²) < 4.78 is 32.0. The molecule has 0 fully saturated rings. The number of hydrogen-bond acceptors (Lipinski definition) is 5. The summed E-state index contributed by atoms with van der Waals surface area (Å²) in [4.78, 5) is 27.0. The number of nitrogens with zero attached hydrogens (tertiary/aromatic N) is 1. The van der Waals surface area contributed by atoms with Crippen molar-refractivity contribution >= 4 is 39.9 Å². The molecule has 1 aromatic carbocycles. The van der Waals surface area contributed by atoms with Gasteiger partial charge in [0.15, 0.2) is 22.3 Å². The Bertz CT molecular complexity index is 826. The Labute approximate surface area is 150 Å². The average Bonchev–Trinajstić information content (AvgIpc) is 2.81. The van der Waals surface area contributed by atoms with E-state index >= 15 is 0 Å². The van der Waals surface area contributed by atoms with E-state index in [1.54, 1.807) is 0 Å². The summed E-state index contributed by atoms with van der Waals surface area (Å²) in [6.07, 6.45) is -0.383. The van der Waals surface area contributed by atoms with Gasteiger partial charge in [0.2, 0.25) is 0 Å². The molecule has 2 N–H and O–H groups in total. The maximum atomic E-state index is 13.7. The van der Waals surface area contributed by atoms with Crippen LogP contribution in [0.25, 0.3) is 0 Å². The summed E-state index contributed by atoms with van der Waals surface area (Å²) in [6.45, 7) is 2.77. The number of carboxylic acid groups (broad SMARTS) is 1. The highest BCUT2D eigenvalue weighted by molar-refractivity contribution is 7.19. The van der Waals surface area contributed by atoms with E-state index in [0.29, 0.717) is 6.07 Å². The number of anilines is 1. The number of benzene rings is 1. The quantitative estimate of drug-likeness (QED) is 0.788. The highest BCUT2D eigenvalue weighted by Gasteiger charge is 2.32. The molecule has 0 saturated heterocycles. The molecule has 1 amide bonds. The van der Waals surface area contributed by atoms with E-state index in [1.165, 1.54) is 13.8 Å². The van der Waals surface area contributed by atoms with E-state index in [1.807, 2.05) is 0 Å². The molecular formula is C15H13ClF2N2O4S. The van der Waals surface area contributed by atoms with Crippen molar-refractivity contribution < 1.29 is 28.2 Å². The lowest BCUT2D eigenvalue weighted by atomic mass is 10.1. The van der Waals surface area contributed by atoms with Crippen LogP contribution in [0.4, 0.5) is 13.9 Å². The Morgan fingerprint density at radius 1 is 1.40 bits per heavy atom. The fourth-order valence-electron chi connectivity index (χ4n) is 1.77. The molecule has 0 aliphatic carbocycles. The molecule has 10 heteroatoms. The van der Waals surface area contributed by atoms with Crippen LogP contribution in [0.15, 0.2) is 18.2 Å². The number of hydrogen-bond donors (Lipinski definition) is 2. The topological polar surface area (TPSA) is 88.5 Å². The van der Waals surface area contributed by atoms with Crippen molar-refractivity contribution in [2.24, 2.45) is 0 Å². The van der Waals surface area contributed by atoms with Crippen LogP contribution in [0.3, 0.4) is 0 Å². The minimum absolute atomic E-state index is 0.0857. The molecule has 0 spiro atoms. The van der Waals surface area contributed by atoms with E-state index in [2.05, 4.69) is 10.3 Å². The smallest absolute Gasteiger partial charge is 0.309 e. The van der Waals surface area contributed by atoms with Crippen molar-refractivity contribution in [3.63, 3.8) is 0 Å². The third-order valence-corrected chi connectivity index (χ3v) is 4.25. The van der Waals surface area contributed by atoms with Crippen LogP contribution in [0.5, 0.6) is 5.75 Å². The second-order valence-electron chi connectivity index (χ2n) is 5.45. The Hall–Kier alpha value is -2.26. The summed E-state index contributed by atoms with van der Waals surface area (Å²) >= 11 is 6.77. The predicted molar refractivity (Wildman–Crippen MR) is 88.2 cm³/mol. The first-order valence-corrected chi connectivity index (χ1v) is 8.10. The van der Waals surface area contributed by atoms with Crippen molar-refractivity contribution in [2.45, 2.75) is 25.9 Å². The van der Waals surface area contributed by atoms with Gasteiger partial charge in [0.25, 0.3) is 5.91 Å². The number of amides is 1. The van der Waals surface area contributed by atoms with Gasteiger partial charge in [-0.25, -0.2) is 13.8 Å². The molecule has 0 unspecified atom stereocenters. The van der Waals surface area contributed by atoms with Crippen molar-refractivity contribution in [1.82, 2.24) is 4.98 Å². The highest BCUT2D eigenvalue weighted by Crippen LogP contribution is 2.30. The number of carbonyl (C=O) groups is 2. The molecule has 0 atom stereocenters. The van der Waals surface area contributed by atoms with Crippen LogP contribution >= 0.6 is 22.9 Å².